The van der Waals surface area contributed by atoms with Gasteiger partial charge in [-0.3, -0.25) is 4.79 Å². The Bertz CT molecular complexity index is 208. The highest BCUT2D eigenvalue weighted by Gasteiger charge is 1.88. The van der Waals surface area contributed by atoms with Crippen LogP contribution in [-0.2, 0) is 9.59 Å². The van der Waals surface area contributed by atoms with E-state index < -0.39 is 0 Å². The SMILES string of the molecule is C=CCC(=O)C=CCC=C=O. The minimum Gasteiger partial charge on any atom is -0.295 e. The van der Waals surface area contributed by atoms with E-state index in [0.29, 0.717) is 12.8 Å². The van der Waals surface area contributed by atoms with E-state index in [1.807, 2.05) is 0 Å². The fraction of sp³-hybridized carbons (Fsp3) is 0.222. The van der Waals surface area contributed by atoms with Gasteiger partial charge in [0.05, 0.1) is 0 Å². The van der Waals surface area contributed by atoms with Crippen molar-refractivity contribution in [2.45, 2.75) is 12.8 Å². The monoisotopic (exact) mass is 150 g/mol. The number of carbonyl (C=O) groups is 1. The quantitative estimate of drug-likeness (QED) is 0.338. The van der Waals surface area contributed by atoms with E-state index in [-0.39, 0.29) is 5.78 Å². The van der Waals surface area contributed by atoms with Crippen LogP contribution in [0.5, 0.6) is 0 Å². The van der Waals surface area contributed by atoms with Crippen molar-refractivity contribution in [1.29, 1.82) is 0 Å². The summed E-state index contributed by atoms with van der Waals surface area (Å²) in [7, 11) is 0. The van der Waals surface area contributed by atoms with Gasteiger partial charge < -0.3 is 0 Å². The van der Waals surface area contributed by atoms with Gasteiger partial charge in [0, 0.05) is 12.5 Å². The van der Waals surface area contributed by atoms with E-state index in [9.17, 15) is 9.59 Å². The molecule has 0 saturated heterocycles. The third-order valence-corrected chi connectivity index (χ3v) is 0.987. The fourth-order valence-corrected chi connectivity index (χ4v) is 0.526. The van der Waals surface area contributed by atoms with Crippen molar-refractivity contribution in [3.8, 4) is 0 Å². The van der Waals surface area contributed by atoms with Crippen LogP contribution in [0.25, 0.3) is 0 Å². The Kier molecular flexibility index (Phi) is 5.86. The Morgan fingerprint density at radius 2 is 2.27 bits per heavy atom. The average Bonchev–Trinajstić information content (AvgIpc) is 1.99. The van der Waals surface area contributed by atoms with Crippen molar-refractivity contribution in [2.24, 2.45) is 0 Å². The van der Waals surface area contributed by atoms with Crippen molar-refractivity contribution in [3.63, 3.8) is 0 Å². The van der Waals surface area contributed by atoms with Gasteiger partial charge in [0.25, 0.3) is 0 Å². The molecule has 0 saturated carbocycles. The molecule has 0 atom stereocenters. The van der Waals surface area contributed by atoms with Gasteiger partial charge in [-0.2, -0.15) is 0 Å². The van der Waals surface area contributed by atoms with Gasteiger partial charge in [0.2, 0.25) is 0 Å². The predicted octanol–water partition coefficient (Wildman–Crippen LogP) is 1.47. The van der Waals surface area contributed by atoms with Crippen LogP contribution in [0.1, 0.15) is 12.8 Å². The second kappa shape index (κ2) is 6.72. The molecular formula is C9H10O2. The summed E-state index contributed by atoms with van der Waals surface area (Å²) in [4.78, 5) is 20.4. The molecule has 0 aromatic heterocycles. The molecule has 0 radical (unpaired) electrons. The zero-order chi connectivity index (χ0) is 8.53. The van der Waals surface area contributed by atoms with Crippen LogP contribution in [0.4, 0.5) is 0 Å². The van der Waals surface area contributed by atoms with Crippen LogP contribution in [0, 0.1) is 0 Å². The van der Waals surface area contributed by atoms with Crippen LogP contribution in [0.3, 0.4) is 0 Å². The molecular weight excluding hydrogens is 140 g/mol. The molecule has 0 rings (SSSR count). The summed E-state index contributed by atoms with van der Waals surface area (Å²) in [6.45, 7) is 3.42. The van der Waals surface area contributed by atoms with E-state index in [2.05, 4.69) is 6.58 Å². The molecule has 0 aliphatic rings. The first-order valence-electron chi connectivity index (χ1n) is 3.31. The van der Waals surface area contributed by atoms with E-state index in [4.69, 9.17) is 0 Å². The van der Waals surface area contributed by atoms with Crippen molar-refractivity contribution in [3.05, 3.63) is 30.9 Å². The zero-order valence-electron chi connectivity index (χ0n) is 6.25. The minimum absolute atomic E-state index is 0.000649. The van der Waals surface area contributed by atoms with E-state index in [1.54, 1.807) is 18.1 Å². The summed E-state index contributed by atoms with van der Waals surface area (Å²) >= 11 is 0. The topological polar surface area (TPSA) is 34.1 Å². The summed E-state index contributed by atoms with van der Waals surface area (Å²) in [6.07, 6.45) is 6.74. The number of carbonyl (C=O) groups excluding carboxylic acids is 2. The van der Waals surface area contributed by atoms with Gasteiger partial charge in [0.15, 0.2) is 5.78 Å². The highest BCUT2D eigenvalue weighted by Crippen LogP contribution is 1.88. The molecule has 11 heavy (non-hydrogen) atoms. The average molecular weight is 150 g/mol. The van der Waals surface area contributed by atoms with Gasteiger partial charge >= 0.3 is 0 Å². The van der Waals surface area contributed by atoms with Crippen LogP contribution >= 0.6 is 0 Å². The highest BCUT2D eigenvalue weighted by atomic mass is 16.1. The molecule has 58 valence electrons. The third kappa shape index (κ3) is 6.49. The molecule has 0 spiro atoms. The molecule has 2 nitrogen and oxygen atoms in total. The maximum absolute atomic E-state index is 10.7. The first kappa shape index (κ1) is 9.60. The van der Waals surface area contributed by atoms with Crippen LogP contribution in [-0.4, -0.2) is 11.7 Å². The number of hydrogen-bond donors (Lipinski definition) is 0. The number of hydrogen-bond acceptors (Lipinski definition) is 2. The van der Waals surface area contributed by atoms with E-state index in [0.717, 1.165) is 0 Å². The molecule has 0 N–H and O–H groups in total. The van der Waals surface area contributed by atoms with Crippen molar-refractivity contribution in [1.82, 2.24) is 0 Å². The molecule has 0 aromatic carbocycles. The van der Waals surface area contributed by atoms with Crippen molar-refractivity contribution < 1.29 is 9.59 Å². The molecule has 0 amide bonds. The Hall–Kier alpha value is -1.40. The second-order valence-electron chi connectivity index (χ2n) is 1.92. The Morgan fingerprint density at radius 3 is 2.82 bits per heavy atom. The molecule has 0 unspecified atom stereocenters. The van der Waals surface area contributed by atoms with E-state index >= 15 is 0 Å². The lowest BCUT2D eigenvalue weighted by Gasteiger charge is -1.83. The smallest absolute Gasteiger partial charge is 0.159 e. The Labute approximate surface area is 65.9 Å². The summed E-state index contributed by atoms with van der Waals surface area (Å²) < 4.78 is 0. The van der Waals surface area contributed by atoms with E-state index in [1.165, 1.54) is 12.2 Å². The highest BCUT2D eigenvalue weighted by molar-refractivity contribution is 5.90. The predicted molar refractivity (Wildman–Crippen MR) is 43.8 cm³/mol. The van der Waals surface area contributed by atoms with Gasteiger partial charge in [-0.05, 0) is 12.5 Å². The first-order valence-corrected chi connectivity index (χ1v) is 3.31. The Balaban J connectivity index is 3.64. The molecule has 0 aromatic rings. The van der Waals surface area contributed by atoms with Crippen molar-refractivity contribution >= 4 is 11.7 Å². The normalized spacial score (nSPS) is 9.09. The van der Waals surface area contributed by atoms with Gasteiger partial charge in [-0.1, -0.05) is 12.2 Å². The maximum atomic E-state index is 10.7. The summed E-state index contributed by atoms with van der Waals surface area (Å²) in [5, 5.41) is 0. The number of rotatable bonds is 5. The third-order valence-electron chi connectivity index (χ3n) is 0.987. The number of ketones is 1. The lowest BCUT2D eigenvalue weighted by Crippen LogP contribution is -1.87. The standard InChI is InChI=1S/C9H10O2/c1-2-6-9(11)7-4-3-5-8-10/h2,4-5,7H,1,3,6H2. The lowest BCUT2D eigenvalue weighted by molar-refractivity contribution is -0.113. The lowest BCUT2D eigenvalue weighted by atomic mass is 10.2. The molecule has 0 aliphatic heterocycles. The maximum Gasteiger partial charge on any atom is 0.159 e. The Morgan fingerprint density at radius 1 is 1.55 bits per heavy atom. The molecule has 0 heterocycles. The molecule has 0 aliphatic carbocycles. The van der Waals surface area contributed by atoms with Gasteiger partial charge in [-0.25, -0.2) is 4.79 Å². The van der Waals surface area contributed by atoms with Crippen LogP contribution < -0.4 is 0 Å². The fourth-order valence-electron chi connectivity index (χ4n) is 0.526. The second-order valence-corrected chi connectivity index (χ2v) is 1.92. The molecule has 2 heteroatoms. The summed E-state index contributed by atoms with van der Waals surface area (Å²) in [5.74, 6) is 1.62. The van der Waals surface area contributed by atoms with Crippen LogP contribution in [0.15, 0.2) is 30.9 Å². The van der Waals surface area contributed by atoms with Crippen molar-refractivity contribution in [2.75, 3.05) is 0 Å². The number of allylic oxidation sites excluding steroid dienone is 4. The van der Waals surface area contributed by atoms with Gasteiger partial charge in [-0.15, -0.1) is 6.58 Å². The summed E-state index contributed by atoms with van der Waals surface area (Å²) in [6, 6.07) is 0. The van der Waals surface area contributed by atoms with Gasteiger partial charge in [0.1, 0.15) is 5.94 Å². The van der Waals surface area contributed by atoms with Crippen LogP contribution in [0.2, 0.25) is 0 Å². The first-order chi connectivity index (χ1) is 5.31. The molecule has 0 fully saturated rings. The zero-order valence-corrected chi connectivity index (χ0v) is 6.25. The molecule has 0 bridgehead atoms. The largest absolute Gasteiger partial charge is 0.295 e. The minimum atomic E-state index is -0.000649. The summed E-state index contributed by atoms with van der Waals surface area (Å²) in [5.41, 5.74) is 0.